The van der Waals surface area contributed by atoms with E-state index in [9.17, 15) is 14.0 Å². The summed E-state index contributed by atoms with van der Waals surface area (Å²) in [4.78, 5) is 24.9. The van der Waals surface area contributed by atoms with Crippen molar-refractivity contribution in [3.05, 3.63) is 59.9 Å². The van der Waals surface area contributed by atoms with E-state index in [1.54, 1.807) is 0 Å². The van der Waals surface area contributed by atoms with E-state index in [-0.39, 0.29) is 48.3 Å². The zero-order valence-corrected chi connectivity index (χ0v) is 16.8. The van der Waals surface area contributed by atoms with Crippen LogP contribution < -0.4 is 16.4 Å². The molecule has 0 saturated heterocycles. The predicted molar refractivity (Wildman–Crippen MR) is 113 cm³/mol. The summed E-state index contributed by atoms with van der Waals surface area (Å²) in [5.41, 5.74) is 7.58. The van der Waals surface area contributed by atoms with Crippen molar-refractivity contribution in [2.24, 2.45) is 23.5 Å². The lowest BCUT2D eigenvalue weighted by Crippen LogP contribution is -2.42. The van der Waals surface area contributed by atoms with Crippen molar-refractivity contribution in [1.29, 1.82) is 0 Å². The molecule has 154 valence electrons. The molecule has 0 heterocycles. The van der Waals surface area contributed by atoms with Gasteiger partial charge in [0, 0.05) is 11.7 Å². The summed E-state index contributed by atoms with van der Waals surface area (Å²) >= 11 is 0. The van der Waals surface area contributed by atoms with Crippen LogP contribution in [-0.4, -0.2) is 17.9 Å². The number of nitrogens with two attached hydrogens (primary N) is 1. The van der Waals surface area contributed by atoms with Gasteiger partial charge in [0.25, 0.3) is 0 Å². The quantitative estimate of drug-likeness (QED) is 0.692. The van der Waals surface area contributed by atoms with Gasteiger partial charge in [-0.3, -0.25) is 9.59 Å². The van der Waals surface area contributed by atoms with Crippen LogP contribution >= 0.6 is 12.4 Å². The van der Waals surface area contributed by atoms with E-state index in [0.717, 1.165) is 24.8 Å². The van der Waals surface area contributed by atoms with Gasteiger partial charge in [-0.25, -0.2) is 4.39 Å². The minimum absolute atomic E-state index is 0. The number of fused-ring (bicyclic) bond motifs is 2. The smallest absolute Gasteiger partial charge is 0.229 e. The number of anilines is 2. The lowest BCUT2D eigenvalue weighted by molar-refractivity contribution is -0.121. The van der Waals surface area contributed by atoms with E-state index in [2.05, 4.69) is 10.6 Å². The Morgan fingerprint density at radius 1 is 1.03 bits per heavy atom. The molecular weight excluding hydrogens is 393 g/mol. The minimum Gasteiger partial charge on any atom is -0.327 e. The van der Waals surface area contributed by atoms with Gasteiger partial charge in [0.2, 0.25) is 11.8 Å². The fraction of sp³-hybridized carbons (Fsp3) is 0.364. The SMILES string of the molecule is Cl.NC1C2CCC(C2)C1C(=O)Nc1ccc(F)c(NC(=O)Cc2ccccc2)c1. The molecule has 2 fully saturated rings. The zero-order chi connectivity index (χ0) is 19.7. The van der Waals surface area contributed by atoms with Gasteiger partial charge in [0.05, 0.1) is 18.0 Å². The summed E-state index contributed by atoms with van der Waals surface area (Å²) in [6.07, 6.45) is 3.31. The molecule has 0 radical (unpaired) electrons. The van der Waals surface area contributed by atoms with E-state index in [0.29, 0.717) is 17.5 Å². The molecule has 0 spiro atoms. The van der Waals surface area contributed by atoms with Gasteiger partial charge in [-0.1, -0.05) is 30.3 Å². The Balaban J connectivity index is 0.00000240. The highest BCUT2D eigenvalue weighted by Gasteiger charge is 2.49. The van der Waals surface area contributed by atoms with Gasteiger partial charge in [-0.2, -0.15) is 0 Å². The first-order valence-corrected chi connectivity index (χ1v) is 9.71. The zero-order valence-electron chi connectivity index (χ0n) is 15.9. The number of rotatable bonds is 5. The standard InChI is InChI=1S/C22H24FN3O2.ClH/c23-17-9-8-16(25-22(28)20-14-6-7-15(11-14)21(20)24)12-18(17)26-19(27)10-13-4-2-1-3-5-13;/h1-5,8-9,12,14-15,20-21H,6-7,10-11,24H2,(H,25,28)(H,26,27);1H. The van der Waals surface area contributed by atoms with Crippen LogP contribution in [0.25, 0.3) is 0 Å². The second kappa shape index (κ2) is 8.93. The predicted octanol–water partition coefficient (Wildman–Crippen LogP) is 3.74. The molecule has 2 aromatic carbocycles. The van der Waals surface area contributed by atoms with E-state index in [4.69, 9.17) is 5.73 Å². The molecular formula is C22H25ClFN3O2. The normalized spacial score (nSPS) is 24.6. The topological polar surface area (TPSA) is 84.2 Å². The first-order chi connectivity index (χ1) is 13.5. The van der Waals surface area contributed by atoms with Crippen LogP contribution in [0, 0.1) is 23.6 Å². The van der Waals surface area contributed by atoms with E-state index in [1.165, 1.54) is 18.2 Å². The summed E-state index contributed by atoms with van der Waals surface area (Å²) in [6, 6.07) is 13.3. The third kappa shape index (κ3) is 4.60. The first kappa shape index (κ1) is 21.3. The number of nitrogens with one attached hydrogen (secondary N) is 2. The summed E-state index contributed by atoms with van der Waals surface area (Å²) in [6.45, 7) is 0. The molecule has 29 heavy (non-hydrogen) atoms. The largest absolute Gasteiger partial charge is 0.327 e. The molecule has 2 bridgehead atoms. The molecule has 4 rings (SSSR count). The maximum atomic E-state index is 14.1. The van der Waals surface area contributed by atoms with E-state index >= 15 is 0 Å². The van der Waals surface area contributed by atoms with Crippen LogP contribution in [0.2, 0.25) is 0 Å². The molecule has 2 saturated carbocycles. The molecule has 2 aliphatic rings. The lowest BCUT2D eigenvalue weighted by atomic mass is 9.84. The minimum atomic E-state index is -0.545. The molecule has 2 aromatic rings. The Labute approximate surface area is 175 Å². The third-order valence-corrected chi connectivity index (χ3v) is 6.00. The van der Waals surface area contributed by atoms with Crippen molar-refractivity contribution in [3.63, 3.8) is 0 Å². The van der Waals surface area contributed by atoms with Gasteiger partial charge in [-0.05, 0) is 54.9 Å². The molecule has 4 unspecified atom stereocenters. The number of carbonyl (C=O) groups excluding carboxylic acids is 2. The van der Waals surface area contributed by atoms with E-state index < -0.39 is 5.82 Å². The maximum absolute atomic E-state index is 14.1. The van der Waals surface area contributed by atoms with Crippen LogP contribution in [0.1, 0.15) is 24.8 Å². The van der Waals surface area contributed by atoms with Crippen molar-refractivity contribution in [2.45, 2.75) is 31.7 Å². The van der Waals surface area contributed by atoms with Crippen LogP contribution in [0.4, 0.5) is 15.8 Å². The van der Waals surface area contributed by atoms with Crippen molar-refractivity contribution in [2.75, 3.05) is 10.6 Å². The Morgan fingerprint density at radius 2 is 1.76 bits per heavy atom. The van der Waals surface area contributed by atoms with E-state index in [1.807, 2.05) is 30.3 Å². The fourth-order valence-corrected chi connectivity index (χ4v) is 4.62. The molecule has 4 N–H and O–H groups in total. The number of hydrogen-bond acceptors (Lipinski definition) is 3. The Kier molecular flexibility index (Phi) is 6.55. The van der Waals surface area contributed by atoms with Crippen LogP contribution in [0.3, 0.4) is 0 Å². The number of amides is 2. The third-order valence-electron chi connectivity index (χ3n) is 6.00. The van der Waals surface area contributed by atoms with Crippen LogP contribution in [0.5, 0.6) is 0 Å². The molecule has 5 nitrogen and oxygen atoms in total. The summed E-state index contributed by atoms with van der Waals surface area (Å²) in [5.74, 6) is -0.403. The molecule has 4 atom stereocenters. The van der Waals surface area contributed by atoms with Crippen molar-refractivity contribution in [3.8, 4) is 0 Å². The maximum Gasteiger partial charge on any atom is 0.229 e. The van der Waals surface area contributed by atoms with Crippen LogP contribution in [0.15, 0.2) is 48.5 Å². The van der Waals surface area contributed by atoms with Crippen molar-refractivity contribution < 1.29 is 14.0 Å². The highest BCUT2D eigenvalue weighted by molar-refractivity contribution is 5.96. The first-order valence-electron chi connectivity index (χ1n) is 9.71. The van der Waals surface area contributed by atoms with Gasteiger partial charge in [-0.15, -0.1) is 12.4 Å². The highest BCUT2D eigenvalue weighted by atomic mass is 35.5. The molecule has 2 amide bonds. The van der Waals surface area contributed by atoms with Crippen molar-refractivity contribution in [1.82, 2.24) is 0 Å². The monoisotopic (exact) mass is 417 g/mol. The molecule has 2 aliphatic carbocycles. The fourth-order valence-electron chi connectivity index (χ4n) is 4.62. The number of benzene rings is 2. The Morgan fingerprint density at radius 3 is 2.45 bits per heavy atom. The average molecular weight is 418 g/mol. The Bertz CT molecular complexity index is 891. The highest BCUT2D eigenvalue weighted by Crippen LogP contribution is 2.47. The molecule has 7 heteroatoms. The Hall–Kier alpha value is -2.44. The molecule has 0 aliphatic heterocycles. The van der Waals surface area contributed by atoms with Crippen molar-refractivity contribution >= 4 is 35.6 Å². The van der Waals surface area contributed by atoms with Gasteiger partial charge < -0.3 is 16.4 Å². The second-order valence-corrected chi connectivity index (χ2v) is 7.83. The van der Waals surface area contributed by atoms with Gasteiger partial charge in [0.15, 0.2) is 0 Å². The van der Waals surface area contributed by atoms with Gasteiger partial charge >= 0.3 is 0 Å². The van der Waals surface area contributed by atoms with Crippen LogP contribution in [-0.2, 0) is 16.0 Å². The number of halogens is 2. The second-order valence-electron chi connectivity index (χ2n) is 7.83. The number of carbonyl (C=O) groups is 2. The average Bonchev–Trinajstić information content (AvgIpc) is 3.26. The summed E-state index contributed by atoms with van der Waals surface area (Å²) in [5, 5.41) is 5.44. The summed E-state index contributed by atoms with van der Waals surface area (Å²) < 4.78 is 14.1. The lowest BCUT2D eigenvalue weighted by Gasteiger charge is -2.27. The van der Waals surface area contributed by atoms with Gasteiger partial charge in [0.1, 0.15) is 5.82 Å². The molecule has 0 aromatic heterocycles. The summed E-state index contributed by atoms with van der Waals surface area (Å²) in [7, 11) is 0. The number of hydrogen-bond donors (Lipinski definition) is 3.